The van der Waals surface area contributed by atoms with E-state index in [4.69, 9.17) is 0 Å². The van der Waals surface area contributed by atoms with E-state index in [2.05, 4.69) is 258 Å². The van der Waals surface area contributed by atoms with E-state index in [1.807, 2.05) is 0 Å². The van der Waals surface area contributed by atoms with Gasteiger partial charge >= 0.3 is 565 Å². The van der Waals surface area contributed by atoms with Crippen molar-refractivity contribution in [3.63, 3.8) is 0 Å². The number of hydrogen-bond donors (Lipinski definition) is 0. The average Bonchev–Trinajstić information content (AvgIpc) is 0.640. The maximum absolute atomic E-state index is 3.20. The third-order valence-electron chi connectivity index (χ3n) is 29.1. The Hall–Kier alpha value is -3.35. The zero-order chi connectivity index (χ0) is 64.6. The van der Waals surface area contributed by atoms with E-state index < -0.39 is 19.0 Å². The molecule has 0 N–H and O–H groups in total. The van der Waals surface area contributed by atoms with Crippen LogP contribution >= 0.6 is 0 Å². The summed E-state index contributed by atoms with van der Waals surface area (Å²) in [5.74, 6) is 0.322. The normalized spacial score (nSPS) is 29.6. The topological polar surface area (TPSA) is 0 Å². The fourth-order valence-electron chi connectivity index (χ4n) is 22.1. The molecule has 0 nitrogen and oxygen atoms in total. The van der Waals surface area contributed by atoms with Gasteiger partial charge in [-0.3, -0.25) is 0 Å². The van der Waals surface area contributed by atoms with Gasteiger partial charge in [-0.2, -0.15) is 0 Å². The molecule has 12 aliphatic carbocycles. The number of fused-ring (bicyclic) bond motifs is 6. The summed E-state index contributed by atoms with van der Waals surface area (Å²) >= 11 is 2.94. The van der Waals surface area contributed by atoms with E-state index in [9.17, 15) is 0 Å². The molecule has 472 valence electrons. The summed E-state index contributed by atoms with van der Waals surface area (Å²) in [7, 11) is -3.20. The van der Waals surface area contributed by atoms with Crippen LogP contribution in [0.1, 0.15) is 389 Å². The summed E-state index contributed by atoms with van der Waals surface area (Å²) in [6, 6.07) is 35.6. The van der Waals surface area contributed by atoms with Crippen LogP contribution in [0.25, 0.3) is 0 Å². The van der Waals surface area contributed by atoms with Crippen molar-refractivity contribution in [3.05, 3.63) is 206 Å². The van der Waals surface area contributed by atoms with Crippen LogP contribution in [-0.2, 0) is 73.5 Å². The van der Waals surface area contributed by atoms with Gasteiger partial charge < -0.3 is 0 Å². The Morgan fingerprint density at radius 2 is 0.311 bits per heavy atom. The van der Waals surface area contributed by atoms with Gasteiger partial charge in [0.15, 0.2) is 0 Å². The van der Waals surface area contributed by atoms with Crippen LogP contribution in [0.5, 0.6) is 0 Å². The van der Waals surface area contributed by atoms with Crippen molar-refractivity contribution in [2.24, 2.45) is 0 Å². The molecule has 0 atom stereocenters. The van der Waals surface area contributed by atoms with Gasteiger partial charge in [0.05, 0.1) is 0 Å². The van der Waals surface area contributed by atoms with E-state index >= 15 is 0 Å². The second kappa shape index (κ2) is 17.8. The summed E-state index contributed by atoms with van der Waals surface area (Å²) in [4.78, 5) is 0. The zero-order valence-electron chi connectivity index (χ0n) is 60.5. The van der Waals surface area contributed by atoms with Crippen molar-refractivity contribution < 1.29 is 0 Å². The molecule has 0 aromatic heterocycles. The molecule has 12 aliphatic rings. The third-order valence-corrected chi connectivity index (χ3v) is 44.4. The molecule has 0 heterocycles. The first-order valence-corrected chi connectivity index (χ1v) is 45.1. The Bertz CT molecular complexity index is 3600. The van der Waals surface area contributed by atoms with Crippen LogP contribution in [-0.4, -0.2) is 29.9 Å². The van der Waals surface area contributed by atoms with Gasteiger partial charge in [-0.05, 0) is 0 Å². The summed E-state index contributed by atoms with van der Waals surface area (Å²) in [5.41, 5.74) is 40.5. The Morgan fingerprint density at radius 3 is 0.433 bits per heavy atom. The molecule has 6 aromatic rings. The molecule has 4 bridgehead atoms. The molecule has 0 saturated heterocycles. The van der Waals surface area contributed by atoms with Crippen molar-refractivity contribution in [2.75, 3.05) is 0 Å². The average molecular weight is 1370 g/mol. The van der Waals surface area contributed by atoms with Crippen LogP contribution in [0, 0.1) is 0 Å². The number of benzene rings is 6. The van der Waals surface area contributed by atoms with Crippen molar-refractivity contribution in [1.82, 2.24) is 0 Å². The molecule has 0 unspecified atom stereocenters. The first kappa shape index (κ1) is 61.5. The van der Waals surface area contributed by atoms with Gasteiger partial charge in [-0.1, -0.05) is 0 Å². The quantitative estimate of drug-likeness (QED) is 0.152. The second-order valence-corrected chi connectivity index (χ2v) is 50.8. The molecule has 0 radical (unpaired) electrons. The maximum atomic E-state index is 3.01. The molecule has 0 amide bonds. The molecule has 18 rings (SSSR count). The molecule has 2 heteroatoms. The molecule has 0 fully saturated rings. The van der Waals surface area contributed by atoms with Gasteiger partial charge in [-0.15, -0.1) is 0 Å². The predicted octanol–water partition coefficient (Wildman–Crippen LogP) is 22.0. The third kappa shape index (κ3) is 7.63. The second-order valence-electron chi connectivity index (χ2n) is 40.2. The molecule has 0 spiro atoms. The van der Waals surface area contributed by atoms with Crippen LogP contribution in [0.15, 0.2) is 72.8 Å². The standard InChI is InChI=1S/C88H110GeTe/c1-75(2)25-31-81(13,14)67-43-55-49(37-61(67)75)73-50-38-62-68(82(15,16)32-26-76(62,3)4)44-56(50)87(55,57-45-69-63(39-51(57)73)77(5,6)27-33-83(69,17)18)89(90)88-58-46-70-64(78(7,8)28-34-84(70,19)20)40-52(58)74(53-41-65-71(47-59(53)88)85(21,22)35-29-79(65,9)10)54-42-66-72(48-60(54)88)86(23,24)36-30-80(66,11)12/h37-48,73-74H,25-36H2,1-24H3. The van der Waals surface area contributed by atoms with Crippen molar-refractivity contribution in [1.29, 1.82) is 0 Å². The van der Waals surface area contributed by atoms with Crippen LogP contribution in [0.3, 0.4) is 0 Å². The Labute approximate surface area is 560 Å². The Balaban J connectivity index is 1.17. The summed E-state index contributed by atoms with van der Waals surface area (Å²) in [6.07, 6.45) is 14.6. The van der Waals surface area contributed by atoms with Gasteiger partial charge in [0.2, 0.25) is 0 Å². The SMILES string of the molecule is CC1(C)CCC(C)(C)c2cc3c(cc21)C1c2cc4c(cc2[C]3([Ge](=[Te])[C]23c5cc6c(cc5C(c5cc7c(cc52)C(C)(C)CCC7(C)C)c2cc5c(cc23)C(C)(C)CCC5(C)C)C(C)(C)CCC6(C)C)c2cc3c(cc21)C(C)(C)CCC3(C)C)C(C)(C)CCC4(C)C. The molecule has 0 aliphatic heterocycles. The van der Waals surface area contributed by atoms with Gasteiger partial charge in [0.1, 0.15) is 0 Å². The van der Waals surface area contributed by atoms with E-state index in [0.29, 0.717) is 0 Å². The molecule has 0 saturated carbocycles. The number of rotatable bonds is 2. The first-order valence-electron chi connectivity index (χ1n) is 36.1. The monoisotopic (exact) mass is 1370 g/mol. The summed E-state index contributed by atoms with van der Waals surface area (Å²) in [6.45, 7) is 62.8. The van der Waals surface area contributed by atoms with E-state index in [0.717, 1.165) is 0 Å². The van der Waals surface area contributed by atoms with Gasteiger partial charge in [-0.25, -0.2) is 0 Å². The predicted molar refractivity (Wildman–Crippen MR) is 384 cm³/mol. The Kier molecular flexibility index (Phi) is 12.2. The van der Waals surface area contributed by atoms with E-state index in [-0.39, 0.29) is 76.8 Å². The molecular weight excluding hydrogens is 1260 g/mol. The van der Waals surface area contributed by atoms with E-state index in [1.165, 1.54) is 77.0 Å². The first-order chi connectivity index (χ1) is 41.4. The van der Waals surface area contributed by atoms with Crippen LogP contribution < -0.4 is 0 Å². The van der Waals surface area contributed by atoms with Crippen molar-refractivity contribution >= 4 is 29.9 Å². The zero-order valence-corrected chi connectivity index (χ0v) is 64.9. The molecule has 6 aromatic carbocycles. The van der Waals surface area contributed by atoms with Gasteiger partial charge in [0.25, 0.3) is 0 Å². The van der Waals surface area contributed by atoms with Crippen LogP contribution in [0.4, 0.5) is 0 Å². The van der Waals surface area contributed by atoms with Crippen molar-refractivity contribution in [3.8, 4) is 0 Å². The fraction of sp³-hybridized carbons (Fsp3) is 0.591. The molecule has 90 heavy (non-hydrogen) atoms. The molecular formula is C88H110GeTe. The fourth-order valence-corrected chi connectivity index (χ4v) is 38.8. The van der Waals surface area contributed by atoms with E-state index in [1.54, 1.807) is 134 Å². The van der Waals surface area contributed by atoms with Crippen LogP contribution in [0.2, 0.25) is 0 Å². The van der Waals surface area contributed by atoms with Crippen molar-refractivity contribution in [2.45, 2.75) is 329 Å². The summed E-state index contributed by atoms with van der Waals surface area (Å²) in [5, 5.41) is 0. The van der Waals surface area contributed by atoms with Gasteiger partial charge in [0, 0.05) is 0 Å². The summed E-state index contributed by atoms with van der Waals surface area (Å²) < 4.78 is -0.803. The minimum absolute atomic E-state index is 0.0429. The number of hydrogen-bond acceptors (Lipinski definition) is 0. The minimum atomic E-state index is -3.20. The Morgan fingerprint density at radius 1 is 0.200 bits per heavy atom.